The number of fused-ring (bicyclic) bond motifs is 2. The Morgan fingerprint density at radius 1 is 1.19 bits per heavy atom. The number of carbonyl (C=O) groups excluding carboxylic acids is 4. The molecule has 12 heteroatoms. The molecule has 2 N–H and O–H groups in total. The number of hydrogen-bond donors (Lipinski definition) is 2. The number of carbonyl (C=O) groups is 4. The van der Waals surface area contributed by atoms with Gasteiger partial charge in [-0.2, -0.15) is 0 Å². The van der Waals surface area contributed by atoms with Crippen molar-refractivity contribution in [2.75, 3.05) is 6.54 Å². The minimum absolute atomic E-state index is 0.00414. The van der Waals surface area contributed by atoms with Gasteiger partial charge in [0.05, 0.1) is 17.3 Å². The molecule has 1 saturated heterocycles. The third kappa shape index (κ3) is 3.34. The van der Waals surface area contributed by atoms with E-state index in [4.69, 9.17) is 0 Å². The third-order valence-corrected chi connectivity index (χ3v) is 8.11. The van der Waals surface area contributed by atoms with Crippen LogP contribution in [0.25, 0.3) is 5.69 Å². The summed E-state index contributed by atoms with van der Waals surface area (Å²) in [4.78, 5) is 50.6. The summed E-state index contributed by atoms with van der Waals surface area (Å²) in [5.41, 5.74) is 0.551. The first-order valence-corrected chi connectivity index (χ1v) is 12.1. The summed E-state index contributed by atoms with van der Waals surface area (Å²) in [5.74, 6) is -5.09. The molecule has 10 nitrogen and oxygen atoms in total. The Balaban J connectivity index is 1.14. The average Bonchev–Trinajstić information content (AvgIpc) is 3.23. The zero-order valence-electron chi connectivity index (χ0n) is 19.3. The smallest absolute Gasteiger partial charge is 0.273 e. The van der Waals surface area contributed by atoms with Crippen LogP contribution >= 0.6 is 0 Å². The zero-order valence-corrected chi connectivity index (χ0v) is 19.3. The highest BCUT2D eigenvalue weighted by atomic mass is 19.3. The number of alkyl halides is 2. The lowest BCUT2D eigenvalue weighted by Gasteiger charge is -2.29. The Hall–Kier alpha value is -3.70. The number of nitrogens with one attached hydrogen (secondary N) is 2. The van der Waals surface area contributed by atoms with Crippen molar-refractivity contribution < 1.29 is 28.0 Å². The standard InChI is InChI=1S/C24H24F2N6O4/c25-24(26)18-3-1-2-8-23(18,24)12-27-20(34)16-11-32(30-29-16)14-4-5-15-13(9-14)10-31(22(15)36)17-6-7-19(33)28-21(17)35/h4-5,9,11,17-18H,1-3,6-8,10,12H2,(H,27,34)(H,28,33,35). The predicted molar refractivity (Wildman–Crippen MR) is 119 cm³/mol. The first-order chi connectivity index (χ1) is 17.2. The van der Waals surface area contributed by atoms with Gasteiger partial charge in [0.2, 0.25) is 11.8 Å². The van der Waals surface area contributed by atoms with E-state index in [0.717, 1.165) is 12.8 Å². The highest BCUT2D eigenvalue weighted by Gasteiger charge is 2.79. The molecule has 0 radical (unpaired) electrons. The summed E-state index contributed by atoms with van der Waals surface area (Å²) in [7, 11) is 0. The van der Waals surface area contributed by atoms with Crippen molar-refractivity contribution in [3.63, 3.8) is 0 Å². The summed E-state index contributed by atoms with van der Waals surface area (Å²) >= 11 is 0. The van der Waals surface area contributed by atoms with E-state index in [0.29, 0.717) is 29.7 Å². The van der Waals surface area contributed by atoms with Crippen LogP contribution in [0, 0.1) is 11.3 Å². The number of aromatic nitrogens is 3. The molecule has 2 saturated carbocycles. The summed E-state index contributed by atoms with van der Waals surface area (Å²) < 4.78 is 30.0. The maximum Gasteiger partial charge on any atom is 0.273 e. The van der Waals surface area contributed by atoms with Gasteiger partial charge in [-0.15, -0.1) is 5.10 Å². The fraction of sp³-hybridized carbons (Fsp3) is 0.500. The predicted octanol–water partition coefficient (Wildman–Crippen LogP) is 1.58. The van der Waals surface area contributed by atoms with Crippen LogP contribution in [0.5, 0.6) is 0 Å². The van der Waals surface area contributed by atoms with E-state index in [1.165, 1.54) is 15.8 Å². The quantitative estimate of drug-likeness (QED) is 0.603. The Kier molecular flexibility index (Phi) is 4.99. The van der Waals surface area contributed by atoms with Crippen LogP contribution in [0.15, 0.2) is 24.4 Å². The van der Waals surface area contributed by atoms with Crippen molar-refractivity contribution in [3.05, 3.63) is 41.2 Å². The molecule has 0 bridgehead atoms. The normalized spacial score (nSPS) is 28.4. The van der Waals surface area contributed by atoms with Gasteiger partial charge in [0.25, 0.3) is 17.7 Å². The van der Waals surface area contributed by atoms with Crippen LogP contribution < -0.4 is 10.6 Å². The maximum atomic E-state index is 14.3. The molecule has 6 rings (SSSR count). The first kappa shape index (κ1) is 22.7. The van der Waals surface area contributed by atoms with Gasteiger partial charge in [0.1, 0.15) is 6.04 Å². The van der Waals surface area contributed by atoms with E-state index in [1.54, 1.807) is 18.2 Å². The number of amides is 4. The maximum absolute atomic E-state index is 14.3. The van der Waals surface area contributed by atoms with Crippen LogP contribution in [0.2, 0.25) is 0 Å². The number of piperidine rings is 1. The van der Waals surface area contributed by atoms with Gasteiger partial charge >= 0.3 is 0 Å². The lowest BCUT2D eigenvalue weighted by Crippen LogP contribution is -2.52. The van der Waals surface area contributed by atoms with Gasteiger partial charge in [-0.1, -0.05) is 18.1 Å². The topological polar surface area (TPSA) is 126 Å². The fourth-order valence-corrected chi connectivity index (χ4v) is 6.03. The number of rotatable bonds is 5. The molecule has 1 aromatic carbocycles. The van der Waals surface area contributed by atoms with E-state index in [-0.39, 0.29) is 43.4 Å². The summed E-state index contributed by atoms with van der Waals surface area (Å²) in [5, 5.41) is 12.8. The number of nitrogens with zero attached hydrogens (tertiary/aromatic N) is 4. The van der Waals surface area contributed by atoms with E-state index in [2.05, 4.69) is 20.9 Å². The molecule has 3 fully saturated rings. The monoisotopic (exact) mass is 498 g/mol. The van der Waals surface area contributed by atoms with Crippen molar-refractivity contribution in [2.24, 2.45) is 11.3 Å². The third-order valence-electron chi connectivity index (χ3n) is 8.11. The molecule has 3 atom stereocenters. The SMILES string of the molecule is O=C1CCC(N2Cc3cc(-n4cc(C(=O)NCC56CCCCC5C6(F)F)nn4)ccc3C2=O)C(=O)N1. The second kappa shape index (κ2) is 7.90. The summed E-state index contributed by atoms with van der Waals surface area (Å²) in [6.07, 6.45) is 4.27. The van der Waals surface area contributed by atoms with Crippen molar-refractivity contribution in [1.82, 2.24) is 30.5 Å². The van der Waals surface area contributed by atoms with E-state index >= 15 is 0 Å². The molecule has 3 heterocycles. The number of imide groups is 1. The molecule has 2 aromatic rings. The van der Waals surface area contributed by atoms with Crippen molar-refractivity contribution in [3.8, 4) is 5.69 Å². The Morgan fingerprint density at radius 3 is 2.81 bits per heavy atom. The lowest BCUT2D eigenvalue weighted by molar-refractivity contribution is -0.136. The largest absolute Gasteiger partial charge is 0.350 e. The molecule has 188 valence electrons. The van der Waals surface area contributed by atoms with Crippen molar-refractivity contribution in [2.45, 2.75) is 57.0 Å². The van der Waals surface area contributed by atoms with E-state index in [1.807, 2.05) is 0 Å². The second-order valence-corrected chi connectivity index (χ2v) is 10.0. The van der Waals surface area contributed by atoms with E-state index in [9.17, 15) is 28.0 Å². The van der Waals surface area contributed by atoms with Crippen LogP contribution in [0.1, 0.15) is 64.9 Å². The molecule has 36 heavy (non-hydrogen) atoms. The molecule has 1 aromatic heterocycles. The number of benzene rings is 1. The molecule has 2 aliphatic heterocycles. The minimum Gasteiger partial charge on any atom is -0.350 e. The number of hydrogen-bond acceptors (Lipinski definition) is 6. The molecule has 3 unspecified atom stereocenters. The Labute approximate surface area is 204 Å². The van der Waals surface area contributed by atoms with Gasteiger partial charge in [0, 0.05) is 31.0 Å². The fourth-order valence-electron chi connectivity index (χ4n) is 6.03. The van der Waals surface area contributed by atoms with Crippen LogP contribution in [-0.2, 0) is 16.1 Å². The molecular weight excluding hydrogens is 474 g/mol. The summed E-state index contributed by atoms with van der Waals surface area (Å²) in [6.45, 7) is 0.112. The second-order valence-electron chi connectivity index (χ2n) is 10.0. The first-order valence-electron chi connectivity index (χ1n) is 12.1. The van der Waals surface area contributed by atoms with Crippen LogP contribution in [0.3, 0.4) is 0 Å². The van der Waals surface area contributed by atoms with Gasteiger partial charge in [-0.3, -0.25) is 24.5 Å². The van der Waals surface area contributed by atoms with Crippen LogP contribution in [-0.4, -0.2) is 62.0 Å². The number of halogens is 2. The molecule has 4 amide bonds. The van der Waals surface area contributed by atoms with Gasteiger partial charge in [0.15, 0.2) is 5.69 Å². The lowest BCUT2D eigenvalue weighted by atomic mass is 9.88. The van der Waals surface area contributed by atoms with Crippen molar-refractivity contribution in [1.29, 1.82) is 0 Å². The Bertz CT molecular complexity index is 1310. The molecule has 0 spiro atoms. The van der Waals surface area contributed by atoms with Crippen LogP contribution in [0.4, 0.5) is 8.78 Å². The minimum atomic E-state index is -2.74. The molecule has 4 aliphatic rings. The summed E-state index contributed by atoms with van der Waals surface area (Å²) in [6, 6.07) is 4.29. The zero-order chi connectivity index (χ0) is 25.2. The highest BCUT2D eigenvalue weighted by molar-refractivity contribution is 6.05. The molecule has 2 aliphatic carbocycles. The van der Waals surface area contributed by atoms with Gasteiger partial charge < -0.3 is 10.2 Å². The van der Waals surface area contributed by atoms with Gasteiger partial charge in [-0.05, 0) is 43.0 Å². The van der Waals surface area contributed by atoms with Gasteiger partial charge in [-0.25, -0.2) is 13.5 Å². The van der Waals surface area contributed by atoms with Crippen molar-refractivity contribution >= 4 is 23.6 Å². The Morgan fingerprint density at radius 2 is 2.03 bits per heavy atom. The highest BCUT2D eigenvalue weighted by Crippen LogP contribution is 2.71. The average molecular weight is 498 g/mol. The molecular formula is C24H24F2N6O4. The van der Waals surface area contributed by atoms with E-state index < -0.39 is 35.1 Å².